The van der Waals surface area contributed by atoms with E-state index in [9.17, 15) is 14.4 Å². The zero-order valence-corrected chi connectivity index (χ0v) is 15.8. The molecule has 0 unspecified atom stereocenters. The minimum Gasteiger partial charge on any atom is -0.465 e. The Hall–Kier alpha value is -3.61. The molecule has 7 nitrogen and oxygen atoms in total. The molecular formula is C21H20N2O5. The lowest BCUT2D eigenvalue weighted by Crippen LogP contribution is -2.19. The molecule has 1 aromatic heterocycles. The molecule has 1 N–H and O–H groups in total. The quantitative estimate of drug-likeness (QED) is 0.687. The minimum atomic E-state index is -0.465. The van der Waals surface area contributed by atoms with Gasteiger partial charge < -0.3 is 19.4 Å². The molecular weight excluding hydrogens is 360 g/mol. The Balaban J connectivity index is 1.87. The maximum atomic E-state index is 12.6. The van der Waals surface area contributed by atoms with Crippen molar-refractivity contribution in [2.24, 2.45) is 0 Å². The number of para-hydroxylation sites is 1. The Bertz CT molecular complexity index is 1070. The average Bonchev–Trinajstić information content (AvgIpc) is 3.07. The van der Waals surface area contributed by atoms with Crippen LogP contribution in [0.3, 0.4) is 0 Å². The third-order valence-corrected chi connectivity index (χ3v) is 4.52. The Morgan fingerprint density at radius 2 is 1.61 bits per heavy atom. The fourth-order valence-corrected chi connectivity index (χ4v) is 3.10. The van der Waals surface area contributed by atoms with E-state index in [0.29, 0.717) is 27.8 Å². The highest BCUT2D eigenvalue weighted by molar-refractivity contribution is 6.05. The predicted molar refractivity (Wildman–Crippen MR) is 104 cm³/mol. The number of nitrogens with zero attached hydrogens (tertiary/aromatic N) is 1. The number of amides is 1. The number of anilines is 1. The second-order valence-electron chi connectivity index (χ2n) is 6.20. The van der Waals surface area contributed by atoms with Crippen LogP contribution in [0.15, 0.2) is 48.7 Å². The number of aromatic nitrogens is 1. The lowest BCUT2D eigenvalue weighted by atomic mass is 10.1. The van der Waals surface area contributed by atoms with E-state index in [4.69, 9.17) is 9.47 Å². The minimum absolute atomic E-state index is 0.000596. The lowest BCUT2D eigenvalue weighted by molar-refractivity contribution is -0.116. The first-order valence-electron chi connectivity index (χ1n) is 8.60. The molecule has 0 aliphatic rings. The van der Waals surface area contributed by atoms with Crippen molar-refractivity contribution in [1.29, 1.82) is 0 Å². The van der Waals surface area contributed by atoms with Crippen LogP contribution < -0.4 is 5.32 Å². The van der Waals surface area contributed by atoms with E-state index in [1.54, 1.807) is 42.0 Å². The van der Waals surface area contributed by atoms with Crippen molar-refractivity contribution in [2.75, 3.05) is 19.5 Å². The molecule has 0 bridgehead atoms. The Labute approximate surface area is 161 Å². The first kappa shape index (κ1) is 19.2. The van der Waals surface area contributed by atoms with Crippen molar-refractivity contribution < 1.29 is 23.9 Å². The molecule has 28 heavy (non-hydrogen) atoms. The molecule has 7 heteroatoms. The Morgan fingerprint density at radius 1 is 0.929 bits per heavy atom. The van der Waals surface area contributed by atoms with Gasteiger partial charge in [-0.15, -0.1) is 0 Å². The molecule has 1 amide bonds. The summed E-state index contributed by atoms with van der Waals surface area (Å²) in [5.41, 5.74) is 2.68. The summed E-state index contributed by atoms with van der Waals surface area (Å²) in [6, 6.07) is 12.3. The number of esters is 2. The van der Waals surface area contributed by atoms with Gasteiger partial charge in [0, 0.05) is 22.8 Å². The van der Waals surface area contributed by atoms with Gasteiger partial charge in [-0.05, 0) is 30.7 Å². The standard InChI is InChI=1S/C21H20N2O5/c1-13-14(20(25)27-2)8-6-9-17(13)22-19(24)12-23-11-16(21(26)28-3)15-7-4-5-10-18(15)23/h4-11H,12H2,1-3H3,(H,22,24). The van der Waals surface area contributed by atoms with Crippen LogP contribution in [-0.2, 0) is 20.8 Å². The van der Waals surface area contributed by atoms with Gasteiger partial charge in [0.05, 0.1) is 25.3 Å². The summed E-state index contributed by atoms with van der Waals surface area (Å²) in [4.78, 5) is 36.4. The number of ether oxygens (including phenoxy) is 2. The highest BCUT2D eigenvalue weighted by atomic mass is 16.5. The normalized spacial score (nSPS) is 10.5. The monoisotopic (exact) mass is 380 g/mol. The van der Waals surface area contributed by atoms with E-state index in [2.05, 4.69) is 5.32 Å². The number of methoxy groups -OCH3 is 2. The highest BCUT2D eigenvalue weighted by Crippen LogP contribution is 2.23. The van der Waals surface area contributed by atoms with Crippen LogP contribution in [-0.4, -0.2) is 36.6 Å². The van der Waals surface area contributed by atoms with Crippen molar-refractivity contribution >= 4 is 34.4 Å². The van der Waals surface area contributed by atoms with Crippen LogP contribution in [0.2, 0.25) is 0 Å². The van der Waals surface area contributed by atoms with Gasteiger partial charge in [0.1, 0.15) is 6.54 Å². The molecule has 0 spiro atoms. The van der Waals surface area contributed by atoms with Crippen LogP contribution in [0.1, 0.15) is 26.3 Å². The number of hydrogen-bond acceptors (Lipinski definition) is 5. The summed E-state index contributed by atoms with van der Waals surface area (Å²) in [7, 11) is 2.63. The van der Waals surface area contributed by atoms with Crippen LogP contribution in [0.5, 0.6) is 0 Å². The Kier molecular flexibility index (Phi) is 5.44. The molecule has 0 fully saturated rings. The largest absolute Gasteiger partial charge is 0.465 e. The molecule has 1 heterocycles. The summed E-state index contributed by atoms with van der Waals surface area (Å²) >= 11 is 0. The third-order valence-electron chi connectivity index (χ3n) is 4.52. The average molecular weight is 380 g/mol. The van der Waals surface area contributed by atoms with Crippen molar-refractivity contribution in [2.45, 2.75) is 13.5 Å². The number of carbonyl (C=O) groups excluding carboxylic acids is 3. The smallest absolute Gasteiger partial charge is 0.340 e. The molecule has 3 aromatic rings. The maximum Gasteiger partial charge on any atom is 0.340 e. The van der Waals surface area contributed by atoms with E-state index >= 15 is 0 Å². The molecule has 0 aliphatic heterocycles. The lowest BCUT2D eigenvalue weighted by Gasteiger charge is -2.12. The van der Waals surface area contributed by atoms with Gasteiger partial charge in [-0.1, -0.05) is 24.3 Å². The predicted octanol–water partition coefficient (Wildman–Crippen LogP) is 3.16. The van der Waals surface area contributed by atoms with Gasteiger partial charge in [0.15, 0.2) is 0 Å². The van der Waals surface area contributed by atoms with E-state index in [1.807, 2.05) is 18.2 Å². The molecule has 3 rings (SSSR count). The van der Waals surface area contributed by atoms with Gasteiger partial charge in [-0.2, -0.15) is 0 Å². The van der Waals surface area contributed by atoms with Crippen molar-refractivity contribution in [3.63, 3.8) is 0 Å². The van der Waals surface area contributed by atoms with E-state index in [-0.39, 0.29) is 12.5 Å². The summed E-state index contributed by atoms with van der Waals surface area (Å²) in [6.07, 6.45) is 1.60. The fourth-order valence-electron chi connectivity index (χ4n) is 3.10. The van der Waals surface area contributed by atoms with E-state index in [1.165, 1.54) is 14.2 Å². The van der Waals surface area contributed by atoms with E-state index in [0.717, 1.165) is 5.52 Å². The van der Waals surface area contributed by atoms with Crippen LogP contribution in [0.25, 0.3) is 10.9 Å². The molecule has 0 saturated carbocycles. The molecule has 144 valence electrons. The second-order valence-corrected chi connectivity index (χ2v) is 6.20. The summed E-state index contributed by atoms with van der Waals surface area (Å²) in [5, 5.41) is 3.53. The topological polar surface area (TPSA) is 86.6 Å². The second kappa shape index (κ2) is 7.96. The third kappa shape index (κ3) is 3.59. The van der Waals surface area contributed by atoms with Crippen LogP contribution in [0, 0.1) is 6.92 Å². The molecule has 2 aromatic carbocycles. The fraction of sp³-hybridized carbons (Fsp3) is 0.190. The molecule has 0 radical (unpaired) electrons. The van der Waals surface area contributed by atoms with Crippen molar-refractivity contribution in [3.8, 4) is 0 Å². The van der Waals surface area contributed by atoms with Crippen molar-refractivity contribution in [1.82, 2.24) is 4.57 Å². The van der Waals surface area contributed by atoms with Gasteiger partial charge >= 0.3 is 11.9 Å². The molecule has 0 saturated heterocycles. The molecule has 0 atom stereocenters. The number of carbonyl (C=O) groups is 3. The number of fused-ring (bicyclic) bond motifs is 1. The number of nitrogens with one attached hydrogen (secondary N) is 1. The summed E-state index contributed by atoms with van der Waals surface area (Å²) in [6.45, 7) is 1.74. The SMILES string of the molecule is COC(=O)c1cccc(NC(=O)Cn2cc(C(=O)OC)c3ccccc32)c1C. The van der Waals surface area contributed by atoms with Gasteiger partial charge in [-0.25, -0.2) is 9.59 Å². The van der Waals surface area contributed by atoms with Crippen LogP contribution in [0.4, 0.5) is 5.69 Å². The Morgan fingerprint density at radius 3 is 2.32 bits per heavy atom. The zero-order valence-electron chi connectivity index (χ0n) is 15.8. The van der Waals surface area contributed by atoms with Crippen LogP contribution >= 0.6 is 0 Å². The van der Waals surface area contributed by atoms with Gasteiger partial charge in [-0.3, -0.25) is 4.79 Å². The number of rotatable bonds is 5. The maximum absolute atomic E-state index is 12.6. The number of benzene rings is 2. The zero-order chi connectivity index (χ0) is 20.3. The summed E-state index contributed by atoms with van der Waals surface area (Å²) < 4.78 is 11.3. The van der Waals surface area contributed by atoms with Gasteiger partial charge in [0.2, 0.25) is 5.91 Å². The van der Waals surface area contributed by atoms with E-state index < -0.39 is 11.9 Å². The van der Waals surface area contributed by atoms with Crippen molar-refractivity contribution in [3.05, 3.63) is 65.4 Å². The molecule has 0 aliphatic carbocycles. The van der Waals surface area contributed by atoms with Gasteiger partial charge in [0.25, 0.3) is 0 Å². The summed E-state index contributed by atoms with van der Waals surface area (Å²) in [5.74, 6) is -1.22. The first-order chi connectivity index (χ1) is 13.5. The highest BCUT2D eigenvalue weighted by Gasteiger charge is 2.18. The number of hydrogen-bond donors (Lipinski definition) is 1. The first-order valence-corrected chi connectivity index (χ1v) is 8.60.